The van der Waals surface area contributed by atoms with Crippen molar-refractivity contribution in [3.63, 3.8) is 0 Å². The van der Waals surface area contributed by atoms with Crippen LogP contribution in [-0.4, -0.2) is 26.0 Å². The van der Waals surface area contributed by atoms with Gasteiger partial charge in [-0.15, -0.1) is 0 Å². The Balaban J connectivity index is 2.33. The lowest BCUT2D eigenvalue weighted by Crippen LogP contribution is -1.97. The van der Waals surface area contributed by atoms with Gasteiger partial charge in [0, 0.05) is 11.8 Å². The first-order valence-corrected chi connectivity index (χ1v) is 5.76. The Morgan fingerprint density at radius 3 is 2.95 bits per heavy atom. The molecule has 1 aromatic carbocycles. The van der Waals surface area contributed by atoms with Crippen molar-refractivity contribution in [3.8, 4) is 17.3 Å². The summed E-state index contributed by atoms with van der Waals surface area (Å²) in [7, 11) is 0. The summed E-state index contributed by atoms with van der Waals surface area (Å²) in [6.07, 6.45) is 2.75. The zero-order valence-electron chi connectivity index (χ0n) is 10.2. The Morgan fingerprint density at radius 2 is 2.20 bits per heavy atom. The average Bonchev–Trinajstić information content (AvgIpc) is 2.91. The van der Waals surface area contributed by atoms with E-state index in [1.54, 1.807) is 24.3 Å². The number of rotatable bonds is 2. The fourth-order valence-corrected chi connectivity index (χ4v) is 2.09. The van der Waals surface area contributed by atoms with Crippen molar-refractivity contribution in [2.24, 2.45) is 0 Å². The summed E-state index contributed by atoms with van der Waals surface area (Å²) in [6, 6.07) is 8.90. The minimum absolute atomic E-state index is 0.109. The maximum absolute atomic E-state index is 11.3. The second-order valence-electron chi connectivity index (χ2n) is 4.15. The van der Waals surface area contributed by atoms with Gasteiger partial charge in [0.25, 0.3) is 0 Å². The number of aromatic carboxylic acids is 1. The minimum atomic E-state index is -1.05. The topological polar surface area (TPSA) is 103 Å². The van der Waals surface area contributed by atoms with Crippen molar-refractivity contribution in [1.82, 2.24) is 15.0 Å². The first-order chi connectivity index (χ1) is 9.70. The number of carboxylic acids is 1. The third-order valence-corrected chi connectivity index (χ3v) is 2.97. The number of carboxylic acid groups (broad SMARTS) is 1. The molecule has 0 saturated heterocycles. The summed E-state index contributed by atoms with van der Waals surface area (Å²) in [6.45, 7) is 0. The largest absolute Gasteiger partial charge is 0.478 e. The second kappa shape index (κ2) is 4.48. The summed E-state index contributed by atoms with van der Waals surface area (Å²) in [5.41, 5.74) is 2.22. The molecule has 0 amide bonds. The lowest BCUT2D eigenvalue weighted by atomic mass is 10.0. The molecule has 0 saturated carbocycles. The van der Waals surface area contributed by atoms with E-state index in [1.165, 1.54) is 12.5 Å². The summed E-state index contributed by atoms with van der Waals surface area (Å²) in [4.78, 5) is 22.2. The Labute approximate surface area is 113 Å². The molecular weight excluding hydrogens is 256 g/mol. The highest BCUT2D eigenvalue weighted by atomic mass is 16.4. The molecule has 96 valence electrons. The standard InChI is InChI=1S/C14H8N4O2/c15-5-8-2-1-3-9(4-8)12-11-10(14(19)20)6-16-13(11)18-7-17-12/h1-4,6-7H,(H,19,20)(H,16,17,18). The molecule has 2 heterocycles. The molecular formula is C14H8N4O2. The second-order valence-corrected chi connectivity index (χ2v) is 4.15. The van der Waals surface area contributed by atoms with E-state index < -0.39 is 5.97 Å². The number of aromatic nitrogens is 3. The van der Waals surface area contributed by atoms with Crippen molar-refractivity contribution >= 4 is 17.0 Å². The van der Waals surface area contributed by atoms with Crippen molar-refractivity contribution in [2.45, 2.75) is 0 Å². The fourth-order valence-electron chi connectivity index (χ4n) is 2.09. The minimum Gasteiger partial charge on any atom is -0.478 e. The van der Waals surface area contributed by atoms with Crippen LogP contribution in [0.15, 0.2) is 36.8 Å². The highest BCUT2D eigenvalue weighted by molar-refractivity contribution is 6.07. The number of nitrogens with one attached hydrogen (secondary N) is 1. The first-order valence-electron chi connectivity index (χ1n) is 5.76. The number of H-pyrrole nitrogens is 1. The molecule has 0 radical (unpaired) electrons. The molecule has 3 aromatic rings. The molecule has 0 fully saturated rings. The van der Waals surface area contributed by atoms with E-state index in [0.29, 0.717) is 27.9 Å². The number of hydrogen-bond acceptors (Lipinski definition) is 4. The van der Waals surface area contributed by atoms with Gasteiger partial charge in [-0.25, -0.2) is 14.8 Å². The first kappa shape index (κ1) is 11.9. The highest BCUT2D eigenvalue weighted by Gasteiger charge is 2.17. The number of aromatic amines is 1. The molecule has 0 unspecified atom stereocenters. The maximum Gasteiger partial charge on any atom is 0.338 e. The molecule has 0 bridgehead atoms. The van der Waals surface area contributed by atoms with Gasteiger partial charge in [0.15, 0.2) is 0 Å². The molecule has 0 aliphatic rings. The van der Waals surface area contributed by atoms with Crippen molar-refractivity contribution in [2.75, 3.05) is 0 Å². The van der Waals surface area contributed by atoms with Crippen LogP contribution in [-0.2, 0) is 0 Å². The van der Waals surface area contributed by atoms with E-state index in [0.717, 1.165) is 0 Å². The van der Waals surface area contributed by atoms with Crippen LogP contribution in [0.2, 0.25) is 0 Å². The molecule has 2 N–H and O–H groups in total. The quantitative estimate of drug-likeness (QED) is 0.738. The van der Waals surface area contributed by atoms with Crippen molar-refractivity contribution in [1.29, 1.82) is 5.26 Å². The Bertz CT molecular complexity index is 861. The summed E-state index contributed by atoms with van der Waals surface area (Å²) in [5, 5.41) is 18.6. The number of fused-ring (bicyclic) bond motifs is 1. The SMILES string of the molecule is N#Cc1cccc(-c2ncnc3[nH]cc(C(=O)O)c23)c1. The van der Waals surface area contributed by atoms with Crippen LogP contribution in [0.1, 0.15) is 15.9 Å². The number of carbonyl (C=O) groups is 1. The monoisotopic (exact) mass is 264 g/mol. The number of hydrogen-bond donors (Lipinski definition) is 2. The lowest BCUT2D eigenvalue weighted by molar-refractivity contribution is 0.0699. The molecule has 0 aliphatic carbocycles. The molecule has 3 rings (SSSR count). The van der Waals surface area contributed by atoms with Crippen LogP contribution < -0.4 is 0 Å². The molecule has 20 heavy (non-hydrogen) atoms. The van der Waals surface area contributed by atoms with Gasteiger partial charge in [-0.2, -0.15) is 5.26 Å². The molecule has 2 aromatic heterocycles. The van der Waals surface area contributed by atoms with Gasteiger partial charge in [-0.3, -0.25) is 0 Å². The average molecular weight is 264 g/mol. The Kier molecular flexibility index (Phi) is 2.66. The summed E-state index contributed by atoms with van der Waals surface area (Å²) in [5.74, 6) is -1.05. The van der Waals surface area contributed by atoms with E-state index >= 15 is 0 Å². The van der Waals surface area contributed by atoms with E-state index in [9.17, 15) is 9.90 Å². The number of nitrogens with zero attached hydrogens (tertiary/aromatic N) is 3. The Hall–Kier alpha value is -3.20. The van der Waals surface area contributed by atoms with E-state index in [1.807, 2.05) is 6.07 Å². The molecule has 0 atom stereocenters. The van der Waals surface area contributed by atoms with Gasteiger partial charge in [0.1, 0.15) is 12.0 Å². The summed E-state index contributed by atoms with van der Waals surface area (Å²) >= 11 is 0. The maximum atomic E-state index is 11.3. The predicted octanol–water partition coefficient (Wildman–Crippen LogP) is 2.19. The van der Waals surface area contributed by atoms with E-state index in [-0.39, 0.29) is 5.56 Å². The van der Waals surface area contributed by atoms with Crippen LogP contribution in [0.3, 0.4) is 0 Å². The van der Waals surface area contributed by atoms with Gasteiger partial charge in [0.05, 0.1) is 28.3 Å². The number of benzene rings is 1. The van der Waals surface area contributed by atoms with E-state index in [4.69, 9.17) is 5.26 Å². The molecule has 6 heteroatoms. The normalized spacial score (nSPS) is 10.3. The van der Waals surface area contributed by atoms with Gasteiger partial charge in [0.2, 0.25) is 0 Å². The highest BCUT2D eigenvalue weighted by Crippen LogP contribution is 2.28. The molecule has 0 aliphatic heterocycles. The van der Waals surface area contributed by atoms with Crippen molar-refractivity contribution in [3.05, 3.63) is 47.9 Å². The Morgan fingerprint density at radius 1 is 1.35 bits per heavy atom. The van der Waals surface area contributed by atoms with Crippen LogP contribution in [0.5, 0.6) is 0 Å². The van der Waals surface area contributed by atoms with Crippen LogP contribution >= 0.6 is 0 Å². The smallest absolute Gasteiger partial charge is 0.338 e. The molecule has 6 nitrogen and oxygen atoms in total. The van der Waals surface area contributed by atoms with Crippen LogP contribution in [0.25, 0.3) is 22.3 Å². The van der Waals surface area contributed by atoms with Crippen molar-refractivity contribution < 1.29 is 9.90 Å². The van der Waals surface area contributed by atoms with Gasteiger partial charge in [-0.1, -0.05) is 12.1 Å². The fraction of sp³-hybridized carbons (Fsp3) is 0. The number of nitriles is 1. The molecule has 0 spiro atoms. The van der Waals surface area contributed by atoms with Crippen LogP contribution in [0, 0.1) is 11.3 Å². The third-order valence-electron chi connectivity index (χ3n) is 2.97. The predicted molar refractivity (Wildman–Crippen MR) is 71.0 cm³/mol. The third kappa shape index (κ3) is 1.78. The summed E-state index contributed by atoms with van der Waals surface area (Å²) < 4.78 is 0. The zero-order valence-corrected chi connectivity index (χ0v) is 10.2. The lowest BCUT2D eigenvalue weighted by Gasteiger charge is -2.03. The van der Waals surface area contributed by atoms with Crippen LogP contribution in [0.4, 0.5) is 0 Å². The van der Waals surface area contributed by atoms with E-state index in [2.05, 4.69) is 15.0 Å². The van der Waals surface area contributed by atoms with Gasteiger partial charge >= 0.3 is 5.97 Å². The zero-order chi connectivity index (χ0) is 14.1. The van der Waals surface area contributed by atoms with Gasteiger partial charge < -0.3 is 10.1 Å². The van der Waals surface area contributed by atoms with Gasteiger partial charge in [-0.05, 0) is 12.1 Å².